The van der Waals surface area contributed by atoms with E-state index in [9.17, 15) is 38.9 Å². The Bertz CT molecular complexity index is 2840. The average molecular weight is 763 g/mol. The number of fused-ring (bicyclic) bond motifs is 2. The van der Waals surface area contributed by atoms with Crippen molar-refractivity contribution >= 4 is 58.4 Å². The van der Waals surface area contributed by atoms with Crippen molar-refractivity contribution in [2.45, 2.75) is 56.2 Å². The van der Waals surface area contributed by atoms with E-state index in [4.69, 9.17) is 4.42 Å². The van der Waals surface area contributed by atoms with Gasteiger partial charge in [0.15, 0.2) is 0 Å². The highest BCUT2D eigenvalue weighted by Gasteiger charge is 2.27. The summed E-state index contributed by atoms with van der Waals surface area (Å²) in [4.78, 5) is 2.94. The number of aryl methyl sites for hydroxylation is 5. The highest BCUT2D eigenvalue weighted by Crippen LogP contribution is 2.44. The van der Waals surface area contributed by atoms with Gasteiger partial charge in [-0.25, -0.2) is 4.99 Å². The summed E-state index contributed by atoms with van der Waals surface area (Å²) in [7, 11) is -14.5. The quantitative estimate of drug-likeness (QED) is 0.0914. The first kappa shape index (κ1) is 36.9. The minimum atomic E-state index is -5.04. The molecule has 0 atom stereocenters. The zero-order valence-corrected chi connectivity index (χ0v) is 31.2. The molecule has 0 fully saturated rings. The number of rotatable bonds is 7. The Morgan fingerprint density at radius 3 is 1.88 bits per heavy atom. The van der Waals surface area contributed by atoms with E-state index in [1.807, 2.05) is 32.9 Å². The molecule has 1 heterocycles. The Hall–Kier alpha value is -4.90. The molecule has 52 heavy (non-hydrogen) atoms. The molecule has 0 saturated heterocycles. The number of hydrogen-bond donors (Lipinski definition) is 4. The van der Waals surface area contributed by atoms with Crippen molar-refractivity contribution in [3.63, 3.8) is 0 Å². The van der Waals surface area contributed by atoms with Crippen LogP contribution in [0.15, 0.2) is 96.9 Å². The standard InChI is InChI=1S/C37H34N2O10S3/c1-19-13-20(2)35(21(3)14-19)38-25-11-12-26-30(16-25)49-31-18-29(39-36-22(4)15-23(5)37(24(36)6)52(46,47)48)33(51(43,44)45)17-28(31)34(26)27-9-7-8-10-32(27)50(40,41)42/h7-18,38H,1-6H3,(H,40,41,42)(H,43,44,45)(H,46,47,48). The normalized spacial score (nSPS) is 12.9. The second-order valence-electron chi connectivity index (χ2n) is 12.7. The molecule has 0 saturated carbocycles. The van der Waals surface area contributed by atoms with Gasteiger partial charge in [-0.15, -0.1) is 0 Å². The summed E-state index contributed by atoms with van der Waals surface area (Å²) < 4.78 is 113. The number of nitrogens with one attached hydrogen (secondary N) is 1. The molecule has 0 spiro atoms. The van der Waals surface area contributed by atoms with Gasteiger partial charge >= 0.3 is 0 Å². The summed E-state index contributed by atoms with van der Waals surface area (Å²) in [6, 6.07) is 18.6. The van der Waals surface area contributed by atoms with Crippen LogP contribution in [0.1, 0.15) is 33.4 Å². The monoisotopic (exact) mass is 762 g/mol. The van der Waals surface area contributed by atoms with Crippen molar-refractivity contribution in [3.05, 3.63) is 112 Å². The third kappa shape index (κ3) is 6.86. The largest absolute Gasteiger partial charge is 0.456 e. The Kier molecular flexibility index (Phi) is 9.18. The second-order valence-corrected chi connectivity index (χ2v) is 16.9. The minimum Gasteiger partial charge on any atom is -0.456 e. The van der Waals surface area contributed by atoms with E-state index in [1.54, 1.807) is 31.2 Å². The van der Waals surface area contributed by atoms with Gasteiger partial charge in [0.05, 0.1) is 11.0 Å². The number of anilines is 2. The van der Waals surface area contributed by atoms with E-state index in [0.717, 1.165) is 28.4 Å². The number of benzene rings is 5. The predicted molar refractivity (Wildman–Crippen MR) is 198 cm³/mol. The minimum absolute atomic E-state index is 0.0102. The van der Waals surface area contributed by atoms with E-state index >= 15 is 0 Å². The Labute approximate surface area is 301 Å². The lowest BCUT2D eigenvalue weighted by atomic mass is 9.93. The molecule has 2 aliphatic rings. The van der Waals surface area contributed by atoms with Gasteiger partial charge < -0.3 is 9.73 Å². The maximum atomic E-state index is 13.0. The van der Waals surface area contributed by atoms with Gasteiger partial charge in [-0.05, 0) is 93.6 Å². The molecule has 0 unspecified atom stereocenters. The van der Waals surface area contributed by atoms with Crippen LogP contribution >= 0.6 is 0 Å². The molecule has 6 rings (SSSR count). The van der Waals surface area contributed by atoms with Crippen LogP contribution in [0.3, 0.4) is 0 Å². The lowest BCUT2D eigenvalue weighted by molar-refractivity contribution is 0.479. The SMILES string of the molecule is Cc1cc(C)c(Nc2ccc3c(-c4ccccc4S(=O)(=O)O)c4cc(S(=O)(=O)O)c(=Nc5c(C)cc(C)c(S(=O)(=O)O)c5C)cc-4oc3c2)c(C)c1. The van der Waals surface area contributed by atoms with Crippen LogP contribution in [0.25, 0.3) is 33.4 Å². The molecule has 15 heteroatoms. The van der Waals surface area contributed by atoms with Gasteiger partial charge in [0.2, 0.25) is 0 Å². The van der Waals surface area contributed by atoms with Crippen molar-refractivity contribution < 1.29 is 43.3 Å². The van der Waals surface area contributed by atoms with Crippen molar-refractivity contribution in [2.24, 2.45) is 4.99 Å². The summed E-state index contributed by atoms with van der Waals surface area (Å²) in [5.41, 5.74) is 5.82. The van der Waals surface area contributed by atoms with Crippen LogP contribution in [0.5, 0.6) is 0 Å². The van der Waals surface area contributed by atoms with Crippen molar-refractivity contribution in [1.82, 2.24) is 0 Å². The van der Waals surface area contributed by atoms with Gasteiger partial charge in [0.1, 0.15) is 26.0 Å². The van der Waals surface area contributed by atoms with Gasteiger partial charge in [0, 0.05) is 45.6 Å². The molecule has 0 aromatic heterocycles. The topological polar surface area (TPSA) is 201 Å². The predicted octanol–water partition coefficient (Wildman–Crippen LogP) is 7.77. The Morgan fingerprint density at radius 1 is 0.635 bits per heavy atom. The van der Waals surface area contributed by atoms with Crippen molar-refractivity contribution in [3.8, 4) is 22.5 Å². The van der Waals surface area contributed by atoms with Crippen LogP contribution in [-0.2, 0) is 30.4 Å². The van der Waals surface area contributed by atoms with Crippen molar-refractivity contribution in [2.75, 3.05) is 5.32 Å². The van der Waals surface area contributed by atoms with Crippen LogP contribution in [0.4, 0.5) is 17.1 Å². The maximum Gasteiger partial charge on any atom is 0.296 e. The highest BCUT2D eigenvalue weighted by atomic mass is 32.2. The zero-order valence-electron chi connectivity index (χ0n) is 28.8. The lowest BCUT2D eigenvalue weighted by Gasteiger charge is -2.19. The molecule has 0 bridgehead atoms. The van der Waals surface area contributed by atoms with Crippen LogP contribution in [-0.4, -0.2) is 38.9 Å². The molecule has 1 aliphatic carbocycles. The highest BCUT2D eigenvalue weighted by molar-refractivity contribution is 7.86. The average Bonchev–Trinajstić information content (AvgIpc) is 3.01. The van der Waals surface area contributed by atoms with E-state index < -0.39 is 45.0 Å². The van der Waals surface area contributed by atoms with Crippen LogP contribution < -0.4 is 10.7 Å². The molecule has 0 radical (unpaired) electrons. The smallest absolute Gasteiger partial charge is 0.296 e. The van der Waals surface area contributed by atoms with Gasteiger partial charge in [-0.1, -0.05) is 42.0 Å². The van der Waals surface area contributed by atoms with E-state index in [1.165, 1.54) is 44.2 Å². The van der Waals surface area contributed by atoms with E-state index in [-0.39, 0.29) is 50.2 Å². The van der Waals surface area contributed by atoms with Crippen LogP contribution in [0, 0.1) is 41.5 Å². The molecular weight excluding hydrogens is 729 g/mol. The molecule has 1 aliphatic heterocycles. The first-order valence-electron chi connectivity index (χ1n) is 15.7. The Balaban J connectivity index is 1.75. The summed E-state index contributed by atoms with van der Waals surface area (Å²) in [5.74, 6) is 0.0102. The molecule has 4 aromatic carbocycles. The maximum absolute atomic E-state index is 13.0. The molecular formula is C37H34N2O10S3. The lowest BCUT2D eigenvalue weighted by Crippen LogP contribution is -2.16. The van der Waals surface area contributed by atoms with E-state index in [0.29, 0.717) is 16.6 Å². The van der Waals surface area contributed by atoms with Gasteiger partial charge in [0.25, 0.3) is 30.4 Å². The molecule has 4 aromatic rings. The van der Waals surface area contributed by atoms with Crippen molar-refractivity contribution in [1.29, 1.82) is 0 Å². The summed E-state index contributed by atoms with van der Waals surface area (Å²) in [5, 5.41) is 3.43. The Morgan fingerprint density at radius 2 is 1.27 bits per heavy atom. The number of hydrogen-bond acceptors (Lipinski definition) is 9. The molecule has 12 nitrogen and oxygen atoms in total. The zero-order chi connectivity index (χ0) is 38.1. The molecule has 0 amide bonds. The summed E-state index contributed by atoms with van der Waals surface area (Å²) in [6.07, 6.45) is 0. The third-order valence-corrected chi connectivity index (χ3v) is 11.7. The first-order valence-corrected chi connectivity index (χ1v) is 20.0. The second kappa shape index (κ2) is 12.9. The third-order valence-electron chi connectivity index (χ3n) is 8.81. The molecule has 270 valence electrons. The van der Waals surface area contributed by atoms with Gasteiger partial charge in [-0.2, -0.15) is 25.3 Å². The van der Waals surface area contributed by atoms with Gasteiger partial charge in [-0.3, -0.25) is 13.7 Å². The fourth-order valence-electron chi connectivity index (χ4n) is 6.83. The number of nitrogens with zero attached hydrogens (tertiary/aromatic N) is 1. The molecule has 4 N–H and O–H groups in total. The van der Waals surface area contributed by atoms with Crippen LogP contribution in [0.2, 0.25) is 0 Å². The first-order chi connectivity index (χ1) is 24.1. The van der Waals surface area contributed by atoms with E-state index in [2.05, 4.69) is 10.3 Å². The fourth-order valence-corrected chi connectivity index (χ4v) is 9.12. The fraction of sp³-hybridized carbons (Fsp3) is 0.162. The summed E-state index contributed by atoms with van der Waals surface area (Å²) >= 11 is 0. The summed E-state index contributed by atoms with van der Waals surface area (Å²) in [6.45, 7) is 10.5.